The van der Waals surface area contributed by atoms with Crippen LogP contribution in [0, 0.1) is 11.2 Å². The van der Waals surface area contributed by atoms with Gasteiger partial charge in [-0.25, -0.2) is 4.39 Å². The van der Waals surface area contributed by atoms with E-state index in [1.165, 1.54) is 19.2 Å². The number of likely N-dealkylation sites (tertiary alicyclic amines) is 1. The van der Waals surface area contributed by atoms with Gasteiger partial charge in [0.15, 0.2) is 0 Å². The van der Waals surface area contributed by atoms with E-state index in [0.717, 1.165) is 23.1 Å². The number of carbonyl (C=O) groups is 2. The predicted octanol–water partition coefficient (Wildman–Crippen LogP) is 3.82. The largest absolute Gasteiger partial charge is 0.375 e. The van der Waals surface area contributed by atoms with E-state index in [9.17, 15) is 14.0 Å². The summed E-state index contributed by atoms with van der Waals surface area (Å²) in [4.78, 5) is 27.6. The highest BCUT2D eigenvalue weighted by Crippen LogP contribution is 2.35. The van der Waals surface area contributed by atoms with Crippen LogP contribution in [0.4, 0.5) is 4.39 Å². The second-order valence-corrected chi connectivity index (χ2v) is 8.65. The maximum atomic E-state index is 13.7. The third-order valence-corrected chi connectivity index (χ3v) is 5.73. The fourth-order valence-corrected chi connectivity index (χ4v) is 4.30. The molecule has 5 nitrogen and oxygen atoms in total. The zero-order valence-corrected chi connectivity index (χ0v) is 18.5. The molecule has 1 fully saturated rings. The van der Waals surface area contributed by atoms with E-state index in [2.05, 4.69) is 5.32 Å². The molecule has 0 spiro atoms. The number of benzene rings is 2. The Hall–Kier alpha value is -2.73. The van der Waals surface area contributed by atoms with Crippen LogP contribution in [-0.2, 0) is 20.7 Å². The number of hydrogen-bond donors (Lipinski definition) is 1. The molecular formula is C25H31FN2O3. The average Bonchev–Trinajstić information content (AvgIpc) is 2.74. The number of rotatable bonds is 7. The minimum atomic E-state index is -0.716. The van der Waals surface area contributed by atoms with Gasteiger partial charge in [-0.2, -0.15) is 0 Å². The van der Waals surface area contributed by atoms with Gasteiger partial charge in [-0.05, 0) is 61.9 Å². The van der Waals surface area contributed by atoms with Crippen LogP contribution in [0.5, 0.6) is 0 Å². The lowest BCUT2D eigenvalue weighted by Gasteiger charge is -2.42. The number of amides is 2. The second-order valence-electron chi connectivity index (χ2n) is 8.65. The summed E-state index contributed by atoms with van der Waals surface area (Å²) in [6.45, 7) is 4.87. The Morgan fingerprint density at radius 1 is 1.16 bits per heavy atom. The van der Waals surface area contributed by atoms with Gasteiger partial charge < -0.3 is 15.0 Å². The monoisotopic (exact) mass is 426 g/mol. The summed E-state index contributed by atoms with van der Waals surface area (Å²) in [5.74, 6) is -0.415. The highest BCUT2D eigenvalue weighted by molar-refractivity contribution is 5.85. The topological polar surface area (TPSA) is 58.6 Å². The lowest BCUT2D eigenvalue weighted by Crippen LogP contribution is -2.56. The first-order valence-corrected chi connectivity index (χ1v) is 10.8. The first-order chi connectivity index (χ1) is 14.8. The summed E-state index contributed by atoms with van der Waals surface area (Å²) in [6, 6.07) is 14.4. The summed E-state index contributed by atoms with van der Waals surface area (Å²) in [6.07, 6.45) is 1.96. The number of piperidine rings is 1. The molecule has 0 radical (unpaired) electrons. The van der Waals surface area contributed by atoms with E-state index >= 15 is 0 Å². The smallest absolute Gasteiger partial charge is 0.248 e. The number of nitrogens with zero attached hydrogens (tertiary/aromatic N) is 1. The Bertz CT molecular complexity index is 930. The van der Waals surface area contributed by atoms with Crippen molar-refractivity contribution in [3.8, 4) is 11.1 Å². The number of halogens is 1. The highest BCUT2D eigenvalue weighted by atomic mass is 19.1. The van der Waals surface area contributed by atoms with Crippen molar-refractivity contribution in [3.05, 3.63) is 59.9 Å². The standard InChI is InChI=1S/C25H31FN2O3/c1-18(2)27-24(30)25(11-6-12-28(17-25)23(29)16-31-3)15-19-7-4-8-20(13-19)21-9-5-10-22(26)14-21/h4-5,7-10,13-14,18H,6,11-12,15-17H2,1-3H3,(H,27,30). The van der Waals surface area contributed by atoms with E-state index in [4.69, 9.17) is 4.74 Å². The van der Waals surface area contributed by atoms with Gasteiger partial charge >= 0.3 is 0 Å². The molecule has 1 N–H and O–H groups in total. The zero-order chi connectivity index (χ0) is 22.4. The third-order valence-electron chi connectivity index (χ3n) is 5.73. The van der Waals surface area contributed by atoms with Crippen molar-refractivity contribution >= 4 is 11.8 Å². The van der Waals surface area contributed by atoms with Crippen LogP contribution in [0.15, 0.2) is 48.5 Å². The number of ether oxygens (including phenoxy) is 1. The molecule has 1 heterocycles. The minimum absolute atomic E-state index is 0.00746. The molecule has 1 unspecified atom stereocenters. The molecule has 2 aromatic rings. The van der Waals surface area contributed by atoms with Gasteiger partial charge in [0.25, 0.3) is 0 Å². The normalized spacial score (nSPS) is 18.8. The molecule has 166 valence electrons. The zero-order valence-electron chi connectivity index (χ0n) is 18.5. The van der Waals surface area contributed by atoms with Gasteiger partial charge in [-0.3, -0.25) is 9.59 Å². The lowest BCUT2D eigenvalue weighted by atomic mass is 9.73. The molecule has 1 atom stereocenters. The number of nitrogens with one attached hydrogen (secondary N) is 1. The van der Waals surface area contributed by atoms with Gasteiger partial charge in [0.1, 0.15) is 12.4 Å². The van der Waals surface area contributed by atoms with Crippen LogP contribution in [0.1, 0.15) is 32.3 Å². The van der Waals surface area contributed by atoms with Crippen LogP contribution >= 0.6 is 0 Å². The molecular weight excluding hydrogens is 395 g/mol. The fraction of sp³-hybridized carbons (Fsp3) is 0.440. The van der Waals surface area contributed by atoms with Gasteiger partial charge in [-0.15, -0.1) is 0 Å². The first-order valence-electron chi connectivity index (χ1n) is 10.8. The Balaban J connectivity index is 1.91. The maximum absolute atomic E-state index is 13.7. The second kappa shape index (κ2) is 10.1. The van der Waals surface area contributed by atoms with Gasteiger partial charge in [0.05, 0.1) is 5.41 Å². The van der Waals surface area contributed by atoms with E-state index in [-0.39, 0.29) is 30.3 Å². The molecule has 31 heavy (non-hydrogen) atoms. The molecule has 1 saturated heterocycles. The Kier molecular flexibility index (Phi) is 7.44. The summed E-state index contributed by atoms with van der Waals surface area (Å²) in [7, 11) is 1.50. The maximum Gasteiger partial charge on any atom is 0.248 e. The van der Waals surface area contributed by atoms with E-state index in [0.29, 0.717) is 25.9 Å². The molecule has 2 amide bonds. The van der Waals surface area contributed by atoms with Crippen LogP contribution in [0.3, 0.4) is 0 Å². The quantitative estimate of drug-likeness (QED) is 0.732. The average molecular weight is 427 g/mol. The third kappa shape index (κ3) is 5.70. The van der Waals surface area contributed by atoms with E-state index in [1.54, 1.807) is 11.0 Å². The minimum Gasteiger partial charge on any atom is -0.375 e. The molecule has 0 aromatic heterocycles. The fourth-order valence-electron chi connectivity index (χ4n) is 4.30. The first kappa shape index (κ1) is 22.9. The molecule has 6 heteroatoms. The molecule has 1 aliphatic rings. The summed E-state index contributed by atoms with van der Waals surface area (Å²) in [5, 5.41) is 3.06. The van der Waals surface area contributed by atoms with Crippen molar-refractivity contribution in [1.29, 1.82) is 0 Å². The Labute approximate surface area is 183 Å². The lowest BCUT2D eigenvalue weighted by molar-refractivity contribution is -0.144. The van der Waals surface area contributed by atoms with Gasteiger partial charge in [-0.1, -0.05) is 36.4 Å². The number of carbonyl (C=O) groups excluding carboxylic acids is 2. The Morgan fingerprint density at radius 3 is 2.55 bits per heavy atom. The van der Waals surface area contributed by atoms with E-state index < -0.39 is 5.41 Å². The highest BCUT2D eigenvalue weighted by Gasteiger charge is 2.43. The van der Waals surface area contributed by atoms with Gasteiger partial charge in [0, 0.05) is 26.2 Å². The van der Waals surface area contributed by atoms with E-state index in [1.807, 2.05) is 44.2 Å². The Morgan fingerprint density at radius 2 is 1.87 bits per heavy atom. The summed E-state index contributed by atoms with van der Waals surface area (Å²) >= 11 is 0. The molecule has 3 rings (SSSR count). The van der Waals surface area contributed by atoms with Crippen molar-refractivity contribution in [2.45, 2.75) is 39.2 Å². The number of hydrogen-bond acceptors (Lipinski definition) is 3. The number of methoxy groups -OCH3 is 1. The van der Waals surface area contributed by atoms with Crippen LogP contribution in [0.2, 0.25) is 0 Å². The molecule has 2 aromatic carbocycles. The van der Waals surface area contributed by atoms with Crippen LogP contribution in [-0.4, -0.2) is 49.6 Å². The SMILES string of the molecule is COCC(=O)N1CCCC(Cc2cccc(-c3cccc(F)c3)c2)(C(=O)NC(C)C)C1. The molecule has 0 aliphatic carbocycles. The van der Waals surface area contributed by atoms with Crippen molar-refractivity contribution in [2.24, 2.45) is 5.41 Å². The predicted molar refractivity (Wildman–Crippen MR) is 119 cm³/mol. The van der Waals surface area contributed by atoms with Crippen molar-refractivity contribution in [3.63, 3.8) is 0 Å². The van der Waals surface area contributed by atoms with Crippen molar-refractivity contribution in [2.75, 3.05) is 26.8 Å². The van der Waals surface area contributed by atoms with Crippen molar-refractivity contribution < 1.29 is 18.7 Å². The van der Waals surface area contributed by atoms with Gasteiger partial charge in [0.2, 0.25) is 11.8 Å². The summed E-state index contributed by atoms with van der Waals surface area (Å²) in [5.41, 5.74) is 1.97. The van der Waals surface area contributed by atoms with Crippen LogP contribution in [0.25, 0.3) is 11.1 Å². The molecule has 0 saturated carbocycles. The van der Waals surface area contributed by atoms with Crippen LogP contribution < -0.4 is 5.32 Å². The molecule has 1 aliphatic heterocycles. The summed E-state index contributed by atoms with van der Waals surface area (Å²) < 4.78 is 18.7. The van der Waals surface area contributed by atoms with Crippen molar-refractivity contribution in [1.82, 2.24) is 10.2 Å². The molecule has 0 bridgehead atoms.